The SMILES string of the molecule is CC(C)COC(=O)N1CCCN(C(=O)CCC(=O)N2CCSc3ccccc32)CC1. The maximum atomic E-state index is 12.8. The van der Waals surface area contributed by atoms with Crippen molar-refractivity contribution in [1.29, 1.82) is 0 Å². The molecule has 0 saturated carbocycles. The number of hydrogen-bond donors (Lipinski definition) is 0. The number of carbonyl (C=O) groups is 3. The average Bonchev–Trinajstić information content (AvgIpc) is 3.01. The molecule has 0 aliphatic carbocycles. The minimum absolute atomic E-state index is 0.00943. The number of rotatable bonds is 5. The molecule has 1 aromatic carbocycles. The summed E-state index contributed by atoms with van der Waals surface area (Å²) in [6.07, 6.45) is 0.805. The number of anilines is 1. The first kappa shape index (κ1) is 22.5. The summed E-state index contributed by atoms with van der Waals surface area (Å²) in [4.78, 5) is 44.0. The molecule has 3 amide bonds. The molecule has 0 aromatic heterocycles. The summed E-state index contributed by atoms with van der Waals surface area (Å²) in [5.41, 5.74) is 0.941. The quantitative estimate of drug-likeness (QED) is 0.713. The van der Waals surface area contributed by atoms with Crippen LogP contribution in [0.4, 0.5) is 10.5 Å². The maximum absolute atomic E-state index is 12.8. The van der Waals surface area contributed by atoms with Gasteiger partial charge in [0, 0.05) is 56.2 Å². The lowest BCUT2D eigenvalue weighted by atomic mass is 10.2. The Balaban J connectivity index is 1.47. The first-order valence-corrected chi connectivity index (χ1v) is 11.7. The van der Waals surface area contributed by atoms with Crippen LogP contribution in [0.1, 0.15) is 33.1 Å². The van der Waals surface area contributed by atoms with Crippen molar-refractivity contribution in [2.24, 2.45) is 5.92 Å². The van der Waals surface area contributed by atoms with Gasteiger partial charge in [-0.1, -0.05) is 26.0 Å². The van der Waals surface area contributed by atoms with Crippen molar-refractivity contribution >= 4 is 35.4 Å². The molecule has 0 unspecified atom stereocenters. The molecule has 8 heteroatoms. The van der Waals surface area contributed by atoms with E-state index < -0.39 is 0 Å². The van der Waals surface area contributed by atoms with E-state index in [1.54, 1.807) is 26.5 Å². The number of para-hydroxylation sites is 1. The van der Waals surface area contributed by atoms with Gasteiger partial charge < -0.3 is 19.4 Å². The van der Waals surface area contributed by atoms with Crippen LogP contribution < -0.4 is 4.90 Å². The Morgan fingerprint density at radius 1 is 0.967 bits per heavy atom. The minimum atomic E-state index is -0.310. The molecular formula is C22H31N3O4S. The number of carbonyl (C=O) groups excluding carboxylic acids is 3. The summed E-state index contributed by atoms with van der Waals surface area (Å²) in [7, 11) is 0. The highest BCUT2D eigenvalue weighted by Gasteiger charge is 2.26. The molecule has 1 fully saturated rings. The Morgan fingerprint density at radius 3 is 2.47 bits per heavy atom. The van der Waals surface area contributed by atoms with Crippen molar-refractivity contribution in [3.63, 3.8) is 0 Å². The Morgan fingerprint density at radius 2 is 1.67 bits per heavy atom. The molecular weight excluding hydrogens is 402 g/mol. The lowest BCUT2D eigenvalue weighted by molar-refractivity contribution is -0.133. The second-order valence-electron chi connectivity index (χ2n) is 8.05. The van der Waals surface area contributed by atoms with Gasteiger partial charge in [-0.15, -0.1) is 11.8 Å². The maximum Gasteiger partial charge on any atom is 0.409 e. The molecule has 7 nitrogen and oxygen atoms in total. The van der Waals surface area contributed by atoms with E-state index in [9.17, 15) is 14.4 Å². The largest absolute Gasteiger partial charge is 0.449 e. The van der Waals surface area contributed by atoms with Crippen LogP contribution in [-0.2, 0) is 14.3 Å². The molecule has 3 rings (SSSR count). The van der Waals surface area contributed by atoms with Crippen molar-refractivity contribution in [1.82, 2.24) is 9.80 Å². The van der Waals surface area contributed by atoms with E-state index in [1.165, 1.54) is 0 Å². The summed E-state index contributed by atoms with van der Waals surface area (Å²) >= 11 is 1.76. The van der Waals surface area contributed by atoms with Crippen molar-refractivity contribution < 1.29 is 19.1 Å². The van der Waals surface area contributed by atoms with Gasteiger partial charge in [-0.25, -0.2) is 4.79 Å². The smallest absolute Gasteiger partial charge is 0.409 e. The normalized spacial score (nSPS) is 16.8. The molecule has 30 heavy (non-hydrogen) atoms. The number of nitrogens with zero attached hydrogens (tertiary/aromatic N) is 3. The Kier molecular flexibility index (Phi) is 8.01. The molecule has 0 bridgehead atoms. The Bertz CT molecular complexity index is 771. The van der Waals surface area contributed by atoms with Gasteiger partial charge in [-0.3, -0.25) is 9.59 Å². The molecule has 2 heterocycles. The number of amides is 3. The fraction of sp³-hybridized carbons (Fsp3) is 0.591. The van der Waals surface area contributed by atoms with Crippen LogP contribution in [0.15, 0.2) is 29.2 Å². The lowest BCUT2D eigenvalue weighted by Gasteiger charge is -2.29. The van der Waals surface area contributed by atoms with E-state index in [2.05, 4.69) is 0 Å². The van der Waals surface area contributed by atoms with Gasteiger partial charge in [0.1, 0.15) is 0 Å². The van der Waals surface area contributed by atoms with E-state index in [1.807, 2.05) is 38.1 Å². The molecule has 0 atom stereocenters. The van der Waals surface area contributed by atoms with Gasteiger partial charge in [0.2, 0.25) is 11.8 Å². The predicted molar refractivity (Wildman–Crippen MR) is 118 cm³/mol. The average molecular weight is 434 g/mol. The van der Waals surface area contributed by atoms with Crippen molar-refractivity contribution in [2.75, 3.05) is 50.0 Å². The predicted octanol–water partition coefficient (Wildman–Crippen LogP) is 3.23. The third kappa shape index (κ3) is 5.90. The fourth-order valence-electron chi connectivity index (χ4n) is 3.61. The summed E-state index contributed by atoms with van der Waals surface area (Å²) in [6, 6.07) is 7.90. The molecule has 1 aromatic rings. The molecule has 0 spiro atoms. The van der Waals surface area contributed by atoms with Crippen LogP contribution in [0, 0.1) is 5.92 Å². The second kappa shape index (κ2) is 10.7. The fourth-order valence-corrected chi connectivity index (χ4v) is 4.61. The van der Waals surface area contributed by atoms with E-state index >= 15 is 0 Å². The van der Waals surface area contributed by atoms with E-state index in [-0.39, 0.29) is 30.7 Å². The topological polar surface area (TPSA) is 70.2 Å². The van der Waals surface area contributed by atoms with Crippen LogP contribution in [-0.4, -0.2) is 72.8 Å². The Hall–Kier alpha value is -2.22. The molecule has 0 radical (unpaired) electrons. The number of thioether (sulfide) groups is 1. The number of hydrogen-bond acceptors (Lipinski definition) is 5. The van der Waals surface area contributed by atoms with Crippen LogP contribution in [0.25, 0.3) is 0 Å². The Labute approximate surface area is 182 Å². The summed E-state index contributed by atoms with van der Waals surface area (Å²) < 4.78 is 5.30. The standard InChI is InChI=1S/C22H31N3O4S/c1-17(2)16-29-22(28)24-11-5-10-23(12-13-24)20(26)8-9-21(27)25-14-15-30-19-7-4-3-6-18(19)25/h3-4,6-7,17H,5,8-16H2,1-2H3. The van der Waals surface area contributed by atoms with E-state index in [0.29, 0.717) is 51.7 Å². The van der Waals surface area contributed by atoms with Gasteiger partial charge in [0.25, 0.3) is 0 Å². The van der Waals surface area contributed by atoms with Crippen molar-refractivity contribution in [3.8, 4) is 0 Å². The minimum Gasteiger partial charge on any atom is -0.449 e. The monoisotopic (exact) mass is 433 g/mol. The zero-order valence-electron chi connectivity index (χ0n) is 17.8. The highest BCUT2D eigenvalue weighted by molar-refractivity contribution is 7.99. The molecule has 0 N–H and O–H groups in total. The van der Waals surface area contributed by atoms with E-state index in [0.717, 1.165) is 16.3 Å². The number of ether oxygens (including phenoxy) is 1. The summed E-state index contributed by atoms with van der Waals surface area (Å²) in [6.45, 7) is 7.20. The molecule has 1 saturated heterocycles. The second-order valence-corrected chi connectivity index (χ2v) is 9.19. The first-order chi connectivity index (χ1) is 14.5. The van der Waals surface area contributed by atoms with Crippen LogP contribution in [0.2, 0.25) is 0 Å². The zero-order valence-corrected chi connectivity index (χ0v) is 18.7. The third-order valence-electron chi connectivity index (χ3n) is 5.23. The van der Waals surface area contributed by atoms with Crippen molar-refractivity contribution in [3.05, 3.63) is 24.3 Å². The number of fused-ring (bicyclic) bond motifs is 1. The summed E-state index contributed by atoms with van der Waals surface area (Å²) in [5, 5.41) is 0. The van der Waals surface area contributed by atoms with E-state index in [4.69, 9.17) is 4.74 Å². The van der Waals surface area contributed by atoms with Gasteiger partial charge >= 0.3 is 6.09 Å². The lowest BCUT2D eigenvalue weighted by Crippen LogP contribution is -2.39. The van der Waals surface area contributed by atoms with Gasteiger partial charge in [0.05, 0.1) is 12.3 Å². The first-order valence-electron chi connectivity index (χ1n) is 10.7. The van der Waals surface area contributed by atoms with Gasteiger partial charge in [-0.2, -0.15) is 0 Å². The summed E-state index contributed by atoms with van der Waals surface area (Å²) in [5.74, 6) is 1.12. The molecule has 2 aliphatic heterocycles. The highest BCUT2D eigenvalue weighted by Crippen LogP contribution is 2.34. The molecule has 164 valence electrons. The van der Waals surface area contributed by atoms with Gasteiger partial charge in [-0.05, 0) is 24.5 Å². The van der Waals surface area contributed by atoms with Gasteiger partial charge in [0.15, 0.2) is 0 Å². The van der Waals surface area contributed by atoms with Crippen molar-refractivity contribution in [2.45, 2.75) is 38.0 Å². The molecule has 2 aliphatic rings. The van der Waals surface area contributed by atoms with Crippen LogP contribution in [0.3, 0.4) is 0 Å². The van der Waals surface area contributed by atoms with Crippen LogP contribution >= 0.6 is 11.8 Å². The highest BCUT2D eigenvalue weighted by atomic mass is 32.2. The zero-order chi connectivity index (χ0) is 21.5. The third-order valence-corrected chi connectivity index (χ3v) is 6.27. The number of benzene rings is 1. The van der Waals surface area contributed by atoms with Crippen LogP contribution in [0.5, 0.6) is 0 Å².